The maximum absolute atomic E-state index is 4.79. The molecule has 0 spiro atoms. The van der Waals surface area contributed by atoms with Crippen molar-refractivity contribution >= 4 is 5.96 Å². The summed E-state index contributed by atoms with van der Waals surface area (Å²) >= 11 is 0. The van der Waals surface area contributed by atoms with Gasteiger partial charge in [-0.05, 0) is 62.9 Å². The van der Waals surface area contributed by atoms with Gasteiger partial charge in [0.2, 0.25) is 0 Å². The molecule has 28 heavy (non-hydrogen) atoms. The number of benzene rings is 1. The van der Waals surface area contributed by atoms with Crippen LogP contribution in [0.1, 0.15) is 38.7 Å². The van der Waals surface area contributed by atoms with E-state index in [1.54, 1.807) is 6.20 Å². The molecule has 1 aliphatic rings. The molecule has 0 amide bonds. The molecule has 1 aliphatic heterocycles. The Kier molecular flexibility index (Phi) is 7.91. The van der Waals surface area contributed by atoms with Crippen molar-refractivity contribution in [1.82, 2.24) is 25.3 Å². The fourth-order valence-corrected chi connectivity index (χ4v) is 3.66. The molecule has 2 aromatic rings. The highest BCUT2D eigenvalue weighted by Gasteiger charge is 2.19. The number of likely N-dealkylation sites (tertiary alicyclic amines) is 1. The van der Waals surface area contributed by atoms with Crippen LogP contribution in [0.15, 0.2) is 47.7 Å². The van der Waals surface area contributed by atoms with Crippen molar-refractivity contribution in [3.63, 3.8) is 0 Å². The van der Waals surface area contributed by atoms with Crippen LogP contribution < -0.4 is 10.6 Å². The highest BCUT2D eigenvalue weighted by molar-refractivity contribution is 5.80. The van der Waals surface area contributed by atoms with Gasteiger partial charge >= 0.3 is 0 Å². The molecule has 2 heterocycles. The summed E-state index contributed by atoms with van der Waals surface area (Å²) in [6.45, 7) is 9.64. The SMILES string of the molecule is CCCN1CCC(NC(=NCCc2ccc(-n3cccn3)cc2)NCC)CC1. The predicted octanol–water partition coefficient (Wildman–Crippen LogP) is 2.84. The molecule has 3 rings (SSSR count). The van der Waals surface area contributed by atoms with Crippen LogP contribution >= 0.6 is 0 Å². The van der Waals surface area contributed by atoms with Crippen LogP contribution in [0.3, 0.4) is 0 Å². The fourth-order valence-electron chi connectivity index (χ4n) is 3.66. The Hall–Kier alpha value is -2.34. The maximum atomic E-state index is 4.79. The standard InChI is InChI=1S/C22H34N6/c1-3-15-27-17-11-20(12-18-27)26-22(23-4-2)24-14-10-19-6-8-21(9-7-19)28-16-5-13-25-28/h5-9,13,16,20H,3-4,10-12,14-15,17-18H2,1-2H3,(H2,23,24,26). The van der Waals surface area contributed by atoms with E-state index >= 15 is 0 Å². The van der Waals surface area contributed by atoms with Crippen molar-refractivity contribution < 1.29 is 0 Å². The molecule has 0 aliphatic carbocycles. The lowest BCUT2D eigenvalue weighted by Crippen LogP contribution is -2.48. The summed E-state index contributed by atoms with van der Waals surface area (Å²) in [6.07, 6.45) is 8.32. The molecule has 0 unspecified atom stereocenters. The van der Waals surface area contributed by atoms with Gasteiger partial charge in [-0.15, -0.1) is 0 Å². The highest BCUT2D eigenvalue weighted by Crippen LogP contribution is 2.11. The van der Waals surface area contributed by atoms with Gasteiger partial charge in [-0.1, -0.05) is 19.1 Å². The van der Waals surface area contributed by atoms with Crippen LogP contribution in [-0.2, 0) is 6.42 Å². The molecular weight excluding hydrogens is 348 g/mol. The molecule has 0 radical (unpaired) electrons. The van der Waals surface area contributed by atoms with Gasteiger partial charge in [0.05, 0.1) is 5.69 Å². The third-order valence-corrected chi connectivity index (χ3v) is 5.19. The van der Waals surface area contributed by atoms with Gasteiger partial charge in [0.1, 0.15) is 0 Å². The summed E-state index contributed by atoms with van der Waals surface area (Å²) < 4.78 is 1.88. The van der Waals surface area contributed by atoms with Gasteiger partial charge in [0.15, 0.2) is 5.96 Å². The molecular formula is C22H34N6. The van der Waals surface area contributed by atoms with E-state index in [2.05, 4.69) is 58.7 Å². The van der Waals surface area contributed by atoms with Crippen molar-refractivity contribution in [3.05, 3.63) is 48.3 Å². The number of hydrogen-bond donors (Lipinski definition) is 2. The number of nitrogens with one attached hydrogen (secondary N) is 2. The number of rotatable bonds is 8. The van der Waals surface area contributed by atoms with Gasteiger partial charge in [0.25, 0.3) is 0 Å². The van der Waals surface area contributed by atoms with E-state index in [0.29, 0.717) is 6.04 Å². The van der Waals surface area contributed by atoms with Gasteiger partial charge in [-0.3, -0.25) is 4.99 Å². The Morgan fingerprint density at radius 3 is 2.61 bits per heavy atom. The Morgan fingerprint density at radius 2 is 1.96 bits per heavy atom. The van der Waals surface area contributed by atoms with Crippen molar-refractivity contribution in [2.45, 2.75) is 45.6 Å². The van der Waals surface area contributed by atoms with Crippen molar-refractivity contribution in [3.8, 4) is 5.69 Å². The van der Waals surface area contributed by atoms with Crippen LogP contribution in [0.4, 0.5) is 0 Å². The summed E-state index contributed by atoms with van der Waals surface area (Å²) in [4.78, 5) is 7.36. The first-order chi connectivity index (χ1) is 13.8. The minimum atomic E-state index is 0.527. The normalized spacial score (nSPS) is 16.3. The summed E-state index contributed by atoms with van der Waals surface area (Å²) in [6, 6.07) is 11.0. The second-order valence-electron chi connectivity index (χ2n) is 7.39. The molecule has 0 saturated carbocycles. The van der Waals surface area contributed by atoms with E-state index in [1.807, 2.05) is 16.9 Å². The first-order valence-electron chi connectivity index (χ1n) is 10.6. The Balaban J connectivity index is 1.47. The van der Waals surface area contributed by atoms with Gasteiger partial charge < -0.3 is 15.5 Å². The average Bonchev–Trinajstić information content (AvgIpc) is 3.25. The van der Waals surface area contributed by atoms with E-state index in [1.165, 1.54) is 44.5 Å². The molecule has 1 aromatic heterocycles. The smallest absolute Gasteiger partial charge is 0.191 e. The second-order valence-corrected chi connectivity index (χ2v) is 7.39. The minimum Gasteiger partial charge on any atom is -0.357 e. The Morgan fingerprint density at radius 1 is 1.18 bits per heavy atom. The zero-order valence-electron chi connectivity index (χ0n) is 17.3. The van der Waals surface area contributed by atoms with E-state index in [0.717, 1.165) is 31.2 Å². The number of aromatic nitrogens is 2. The van der Waals surface area contributed by atoms with E-state index in [9.17, 15) is 0 Å². The second kappa shape index (κ2) is 10.9. The Bertz CT molecular complexity index is 699. The lowest BCUT2D eigenvalue weighted by molar-refractivity contribution is 0.206. The number of piperidine rings is 1. The van der Waals surface area contributed by atoms with Crippen LogP contribution in [0.25, 0.3) is 5.69 Å². The first kappa shape index (κ1) is 20.4. The highest BCUT2D eigenvalue weighted by atomic mass is 15.3. The van der Waals surface area contributed by atoms with Gasteiger partial charge in [0, 0.05) is 44.6 Å². The fraction of sp³-hybridized carbons (Fsp3) is 0.545. The lowest BCUT2D eigenvalue weighted by atomic mass is 10.1. The molecule has 0 atom stereocenters. The summed E-state index contributed by atoms with van der Waals surface area (Å²) in [5.74, 6) is 0.949. The third kappa shape index (κ3) is 6.09. The molecule has 6 heteroatoms. The summed E-state index contributed by atoms with van der Waals surface area (Å²) in [5, 5.41) is 11.3. The van der Waals surface area contributed by atoms with Crippen LogP contribution in [0.5, 0.6) is 0 Å². The molecule has 1 aromatic carbocycles. The van der Waals surface area contributed by atoms with Gasteiger partial charge in [-0.25, -0.2) is 4.68 Å². The monoisotopic (exact) mass is 382 g/mol. The zero-order chi connectivity index (χ0) is 19.6. The molecule has 1 fully saturated rings. The molecule has 2 N–H and O–H groups in total. The van der Waals surface area contributed by atoms with Crippen LogP contribution in [0, 0.1) is 0 Å². The van der Waals surface area contributed by atoms with Crippen LogP contribution in [-0.4, -0.2) is 59.4 Å². The van der Waals surface area contributed by atoms with Crippen molar-refractivity contribution in [1.29, 1.82) is 0 Å². The molecule has 6 nitrogen and oxygen atoms in total. The third-order valence-electron chi connectivity index (χ3n) is 5.19. The predicted molar refractivity (Wildman–Crippen MR) is 116 cm³/mol. The zero-order valence-corrected chi connectivity index (χ0v) is 17.3. The van der Waals surface area contributed by atoms with Gasteiger partial charge in [-0.2, -0.15) is 5.10 Å². The number of guanidine groups is 1. The molecule has 0 bridgehead atoms. The lowest BCUT2D eigenvalue weighted by Gasteiger charge is -2.32. The van der Waals surface area contributed by atoms with E-state index < -0.39 is 0 Å². The number of hydrogen-bond acceptors (Lipinski definition) is 3. The summed E-state index contributed by atoms with van der Waals surface area (Å²) in [5.41, 5.74) is 2.38. The maximum Gasteiger partial charge on any atom is 0.191 e. The average molecular weight is 383 g/mol. The number of aliphatic imine (C=N–C) groups is 1. The van der Waals surface area contributed by atoms with E-state index in [4.69, 9.17) is 4.99 Å². The molecule has 152 valence electrons. The minimum absolute atomic E-state index is 0.527. The Labute approximate surface area is 169 Å². The van der Waals surface area contributed by atoms with Crippen LogP contribution in [0.2, 0.25) is 0 Å². The first-order valence-corrected chi connectivity index (χ1v) is 10.6. The summed E-state index contributed by atoms with van der Waals surface area (Å²) in [7, 11) is 0. The number of nitrogens with zero attached hydrogens (tertiary/aromatic N) is 4. The van der Waals surface area contributed by atoms with Crippen molar-refractivity contribution in [2.75, 3.05) is 32.7 Å². The van der Waals surface area contributed by atoms with E-state index in [-0.39, 0.29) is 0 Å². The largest absolute Gasteiger partial charge is 0.357 e. The molecule has 1 saturated heterocycles. The topological polar surface area (TPSA) is 57.5 Å². The quantitative estimate of drug-likeness (QED) is 0.544. The van der Waals surface area contributed by atoms with Crippen molar-refractivity contribution in [2.24, 2.45) is 4.99 Å².